The second-order valence-corrected chi connectivity index (χ2v) is 8.14. The number of rotatable bonds is 5. The third-order valence-corrected chi connectivity index (χ3v) is 6.05. The Kier molecular flexibility index (Phi) is 5.36. The molecule has 2 aromatic rings. The summed E-state index contributed by atoms with van der Waals surface area (Å²) in [4.78, 5) is 17.0. The fourth-order valence-corrected chi connectivity index (χ4v) is 4.49. The van der Waals surface area contributed by atoms with Crippen molar-refractivity contribution in [2.75, 3.05) is 20.6 Å². The third kappa shape index (κ3) is 3.87. The SMILES string of the molecule is C[C@@H]1CCc2sc(C(=O)NC[C@@H](c3ccccc3)N(C)C)cc2C1. The molecule has 1 aliphatic rings. The number of nitrogens with one attached hydrogen (secondary N) is 1. The fourth-order valence-electron chi connectivity index (χ4n) is 3.37. The molecule has 3 rings (SSSR count). The van der Waals surface area contributed by atoms with Crippen molar-refractivity contribution >= 4 is 17.2 Å². The number of hydrogen-bond donors (Lipinski definition) is 1. The lowest BCUT2D eigenvalue weighted by molar-refractivity contribution is 0.0946. The van der Waals surface area contributed by atoms with Crippen molar-refractivity contribution < 1.29 is 4.79 Å². The average Bonchev–Trinajstić information content (AvgIpc) is 2.98. The van der Waals surface area contributed by atoms with Crippen LogP contribution < -0.4 is 5.32 Å². The Morgan fingerprint density at radius 3 is 2.79 bits per heavy atom. The predicted molar refractivity (Wildman–Crippen MR) is 101 cm³/mol. The summed E-state index contributed by atoms with van der Waals surface area (Å²) >= 11 is 1.68. The zero-order valence-electron chi connectivity index (χ0n) is 14.7. The number of carbonyl (C=O) groups excluding carboxylic acids is 1. The van der Waals surface area contributed by atoms with E-state index in [1.165, 1.54) is 22.4 Å². The van der Waals surface area contributed by atoms with Crippen LogP contribution in [0.5, 0.6) is 0 Å². The lowest BCUT2D eigenvalue weighted by Gasteiger charge is -2.25. The number of fused-ring (bicyclic) bond motifs is 1. The van der Waals surface area contributed by atoms with Crippen LogP contribution in [0.1, 0.15) is 45.1 Å². The molecule has 128 valence electrons. The van der Waals surface area contributed by atoms with Gasteiger partial charge in [-0.15, -0.1) is 11.3 Å². The van der Waals surface area contributed by atoms with Crippen LogP contribution in [-0.2, 0) is 12.8 Å². The van der Waals surface area contributed by atoms with Crippen molar-refractivity contribution in [1.29, 1.82) is 0 Å². The molecule has 0 saturated heterocycles. The van der Waals surface area contributed by atoms with Crippen LogP contribution in [0.15, 0.2) is 36.4 Å². The van der Waals surface area contributed by atoms with Gasteiger partial charge in [0.25, 0.3) is 5.91 Å². The van der Waals surface area contributed by atoms with Crippen LogP contribution in [0.25, 0.3) is 0 Å². The maximum Gasteiger partial charge on any atom is 0.261 e. The molecule has 1 aromatic heterocycles. The molecule has 1 N–H and O–H groups in total. The van der Waals surface area contributed by atoms with E-state index in [2.05, 4.69) is 49.4 Å². The number of thiophene rings is 1. The number of likely N-dealkylation sites (N-methyl/N-ethyl adjacent to an activating group) is 1. The van der Waals surface area contributed by atoms with Gasteiger partial charge in [0.05, 0.1) is 10.9 Å². The van der Waals surface area contributed by atoms with Crippen molar-refractivity contribution in [3.8, 4) is 0 Å². The van der Waals surface area contributed by atoms with Crippen molar-refractivity contribution in [3.05, 3.63) is 57.3 Å². The third-order valence-electron chi connectivity index (χ3n) is 4.82. The van der Waals surface area contributed by atoms with Gasteiger partial charge in [0.15, 0.2) is 0 Å². The molecule has 24 heavy (non-hydrogen) atoms. The number of aryl methyl sites for hydroxylation is 1. The summed E-state index contributed by atoms with van der Waals surface area (Å²) in [7, 11) is 4.10. The monoisotopic (exact) mass is 342 g/mol. The molecule has 0 saturated carbocycles. The fraction of sp³-hybridized carbons (Fsp3) is 0.450. The summed E-state index contributed by atoms with van der Waals surface area (Å²) in [5.74, 6) is 0.795. The number of nitrogens with zero attached hydrogens (tertiary/aromatic N) is 1. The molecule has 0 bridgehead atoms. The molecule has 0 unspecified atom stereocenters. The quantitative estimate of drug-likeness (QED) is 0.893. The summed E-state index contributed by atoms with van der Waals surface area (Å²) < 4.78 is 0. The van der Waals surface area contributed by atoms with Gasteiger partial charge in [-0.2, -0.15) is 0 Å². The molecule has 1 aliphatic carbocycles. The normalized spacial score (nSPS) is 18.2. The van der Waals surface area contributed by atoms with E-state index in [0.717, 1.165) is 23.6 Å². The first kappa shape index (κ1) is 17.2. The van der Waals surface area contributed by atoms with Crippen LogP contribution in [0, 0.1) is 5.92 Å². The van der Waals surface area contributed by atoms with Gasteiger partial charge in [-0.05, 0) is 56.5 Å². The lowest BCUT2D eigenvalue weighted by atomic mass is 9.90. The van der Waals surface area contributed by atoms with E-state index in [-0.39, 0.29) is 11.9 Å². The summed E-state index contributed by atoms with van der Waals surface area (Å²) in [6, 6.07) is 12.6. The summed E-state index contributed by atoms with van der Waals surface area (Å²) in [5.41, 5.74) is 2.61. The van der Waals surface area contributed by atoms with Crippen molar-refractivity contribution in [3.63, 3.8) is 0 Å². The van der Waals surface area contributed by atoms with E-state index in [9.17, 15) is 4.79 Å². The molecule has 3 nitrogen and oxygen atoms in total. The number of amides is 1. The first-order valence-electron chi connectivity index (χ1n) is 8.65. The number of hydrogen-bond acceptors (Lipinski definition) is 3. The summed E-state index contributed by atoms with van der Waals surface area (Å²) in [6.07, 6.45) is 3.48. The highest BCUT2D eigenvalue weighted by Gasteiger charge is 2.21. The minimum atomic E-state index is 0.0600. The number of benzene rings is 1. The van der Waals surface area contributed by atoms with E-state index in [1.54, 1.807) is 11.3 Å². The Bertz CT molecular complexity index is 693. The summed E-state index contributed by atoms with van der Waals surface area (Å²) in [6.45, 7) is 2.91. The Hall–Kier alpha value is -1.65. The largest absolute Gasteiger partial charge is 0.349 e. The van der Waals surface area contributed by atoms with Crippen molar-refractivity contribution in [1.82, 2.24) is 10.2 Å². The Balaban J connectivity index is 1.66. The molecule has 0 spiro atoms. The average molecular weight is 343 g/mol. The van der Waals surface area contributed by atoms with Crippen molar-refractivity contribution in [2.24, 2.45) is 5.92 Å². The molecule has 0 aliphatic heterocycles. The minimum Gasteiger partial charge on any atom is -0.349 e. The maximum absolute atomic E-state index is 12.6. The van der Waals surface area contributed by atoms with Crippen LogP contribution in [0.2, 0.25) is 0 Å². The minimum absolute atomic E-state index is 0.0600. The van der Waals surface area contributed by atoms with Gasteiger partial charge in [0.2, 0.25) is 0 Å². The van der Waals surface area contributed by atoms with E-state index in [0.29, 0.717) is 6.54 Å². The maximum atomic E-state index is 12.6. The highest BCUT2D eigenvalue weighted by molar-refractivity contribution is 7.14. The van der Waals surface area contributed by atoms with E-state index < -0.39 is 0 Å². The molecular weight excluding hydrogens is 316 g/mol. The predicted octanol–water partition coefficient (Wildman–Crippen LogP) is 3.91. The zero-order valence-corrected chi connectivity index (χ0v) is 15.5. The Morgan fingerprint density at radius 2 is 2.08 bits per heavy atom. The Morgan fingerprint density at radius 1 is 1.33 bits per heavy atom. The standard InChI is InChI=1S/C20H26N2OS/c1-14-9-10-18-16(11-14)12-19(24-18)20(23)21-13-17(22(2)3)15-7-5-4-6-8-15/h4-8,12,14,17H,9-11,13H2,1-3H3,(H,21,23)/t14-,17+/m1/s1. The zero-order chi connectivity index (χ0) is 17.1. The molecular formula is C20H26N2OS. The molecule has 1 heterocycles. The number of carbonyl (C=O) groups is 1. The lowest BCUT2D eigenvalue weighted by Crippen LogP contribution is -2.34. The Labute approximate surface area is 148 Å². The highest BCUT2D eigenvalue weighted by atomic mass is 32.1. The molecule has 1 amide bonds. The van der Waals surface area contributed by atoms with Gasteiger partial charge in [0, 0.05) is 11.4 Å². The van der Waals surface area contributed by atoms with Crippen LogP contribution in [0.4, 0.5) is 0 Å². The highest BCUT2D eigenvalue weighted by Crippen LogP contribution is 2.32. The first-order valence-corrected chi connectivity index (χ1v) is 9.47. The van der Waals surface area contributed by atoms with Gasteiger partial charge in [-0.25, -0.2) is 0 Å². The van der Waals surface area contributed by atoms with Gasteiger partial charge >= 0.3 is 0 Å². The van der Waals surface area contributed by atoms with Gasteiger partial charge in [0.1, 0.15) is 0 Å². The van der Waals surface area contributed by atoms with E-state index in [1.807, 2.05) is 18.2 Å². The molecule has 0 fully saturated rings. The van der Waals surface area contributed by atoms with Crippen molar-refractivity contribution in [2.45, 2.75) is 32.2 Å². The van der Waals surface area contributed by atoms with Gasteiger partial charge in [-0.3, -0.25) is 4.79 Å². The molecule has 1 aromatic carbocycles. The van der Waals surface area contributed by atoms with Crippen LogP contribution in [0.3, 0.4) is 0 Å². The topological polar surface area (TPSA) is 32.3 Å². The first-order chi connectivity index (χ1) is 11.5. The van der Waals surface area contributed by atoms with Crippen LogP contribution in [-0.4, -0.2) is 31.4 Å². The molecule has 2 atom stereocenters. The van der Waals surface area contributed by atoms with Crippen LogP contribution >= 0.6 is 11.3 Å². The van der Waals surface area contributed by atoms with Gasteiger partial charge < -0.3 is 10.2 Å². The second kappa shape index (κ2) is 7.49. The summed E-state index contributed by atoms with van der Waals surface area (Å²) in [5, 5.41) is 3.13. The van der Waals surface area contributed by atoms with E-state index >= 15 is 0 Å². The van der Waals surface area contributed by atoms with Gasteiger partial charge in [-0.1, -0.05) is 37.3 Å². The second-order valence-electron chi connectivity index (χ2n) is 7.01. The molecule has 0 radical (unpaired) electrons. The molecule has 4 heteroatoms. The van der Waals surface area contributed by atoms with E-state index in [4.69, 9.17) is 0 Å². The smallest absolute Gasteiger partial charge is 0.261 e.